The standard InChI is InChI=1S/C11H13ClO.3C11H14O2.2C11H16.C7H8.C4H9Br/c1-11(2,3)9-6-4-5-8(7-9)10(12)13;1-11(2,3)9-6-4-8(5-7-9)10(12)13;2*1-11(2,3)9-6-4-5-8(7-9)10(12)13;1-9-5-7-10(8-6-9)11(2,3)4;1-9-6-5-7-10(8-9)11(2,3)4;1-7-5-3-2-4-6-7;1-4(2,3)5/h4-7H,1-3H3;3*4-7H,1-3H3,(H,12,13);2*5-8H,1-4H3;2-6H,1H3;1-3H3. The molecule has 7 rings (SSSR count). The molecule has 0 heterocycles. The van der Waals surface area contributed by atoms with Crippen LogP contribution in [0.1, 0.15) is 237 Å². The van der Waals surface area contributed by atoms with Crippen LogP contribution in [0.5, 0.6) is 0 Å². The molecule has 0 radical (unpaired) electrons. The van der Waals surface area contributed by atoms with Gasteiger partial charge in [0.15, 0.2) is 0 Å². The van der Waals surface area contributed by atoms with Gasteiger partial charge in [-0.2, -0.15) is 0 Å². The maximum Gasteiger partial charge on any atom is 0.335 e. The maximum atomic E-state index is 10.9. The Hall–Kier alpha value is -6.61. The Labute approximate surface area is 533 Å². The van der Waals surface area contributed by atoms with E-state index in [-0.39, 0.29) is 32.5 Å². The van der Waals surface area contributed by atoms with Crippen molar-refractivity contribution < 1.29 is 34.5 Å². The summed E-state index contributed by atoms with van der Waals surface area (Å²) < 4.78 is 0.312. The van der Waals surface area contributed by atoms with Gasteiger partial charge in [-0.15, -0.1) is 0 Å². The van der Waals surface area contributed by atoms with Crippen molar-refractivity contribution in [3.8, 4) is 0 Å². The average Bonchev–Trinajstić information content (AvgIpc) is 3.55. The van der Waals surface area contributed by atoms with Crippen LogP contribution in [-0.2, 0) is 32.5 Å². The third kappa shape index (κ3) is 35.1. The van der Waals surface area contributed by atoms with E-state index in [1.54, 1.807) is 54.6 Å². The maximum absolute atomic E-state index is 10.9. The number of halogens is 2. The summed E-state index contributed by atoms with van der Waals surface area (Å²) in [6, 6.07) is 56.3. The molecule has 468 valence electrons. The lowest BCUT2D eigenvalue weighted by Gasteiger charge is -2.19. The SMILES string of the molecule is CC(C)(C)Br.CC(C)(C)c1ccc(C(=O)O)cc1.CC(C)(C)c1cccc(C(=O)Cl)c1.CC(C)(C)c1cccc(C(=O)O)c1.CC(C)(C)c1cccc(C(=O)O)c1.Cc1ccc(C(C)(C)C)cc1.Cc1cccc(C(C)(C)C)c1.Cc1ccccc1. The molecular weight excluding hydrogens is 1150 g/mol. The van der Waals surface area contributed by atoms with Crippen molar-refractivity contribution in [1.29, 1.82) is 0 Å². The van der Waals surface area contributed by atoms with E-state index in [2.05, 4.69) is 243 Å². The number of alkyl halides is 1. The van der Waals surface area contributed by atoms with E-state index in [0.717, 1.165) is 22.3 Å². The summed E-state index contributed by atoms with van der Waals surface area (Å²) in [6.07, 6.45) is 0. The molecule has 0 aliphatic heterocycles. The van der Waals surface area contributed by atoms with E-state index in [4.69, 9.17) is 26.9 Å². The van der Waals surface area contributed by atoms with Gasteiger partial charge in [0.2, 0.25) is 0 Å². The second kappa shape index (κ2) is 35.3. The minimum atomic E-state index is -0.875. The summed E-state index contributed by atoms with van der Waals surface area (Å²) >= 11 is 8.76. The molecule has 0 atom stereocenters. The summed E-state index contributed by atoms with van der Waals surface area (Å²) in [5.41, 5.74) is 13.5. The van der Waals surface area contributed by atoms with E-state index < -0.39 is 23.2 Å². The number of aryl methyl sites for hydroxylation is 3. The van der Waals surface area contributed by atoms with Crippen LogP contribution in [-0.4, -0.2) is 42.8 Å². The molecule has 0 saturated heterocycles. The van der Waals surface area contributed by atoms with Gasteiger partial charge in [-0.05, 0) is 141 Å². The quantitative estimate of drug-likeness (QED) is 0.118. The lowest BCUT2D eigenvalue weighted by molar-refractivity contribution is 0.0686. The van der Waals surface area contributed by atoms with E-state index >= 15 is 0 Å². The molecule has 7 aromatic rings. The minimum absolute atomic E-state index is 0.00542. The molecule has 9 heteroatoms. The van der Waals surface area contributed by atoms with Crippen LogP contribution in [0.4, 0.5) is 0 Å². The monoisotopic (exact) mass is 1250 g/mol. The highest BCUT2D eigenvalue weighted by atomic mass is 79.9. The van der Waals surface area contributed by atoms with Crippen LogP contribution in [0, 0.1) is 20.8 Å². The van der Waals surface area contributed by atoms with Gasteiger partial charge in [-0.25, -0.2) is 14.4 Å². The normalized spacial score (nSPS) is 11.2. The van der Waals surface area contributed by atoms with Crippen molar-refractivity contribution in [1.82, 2.24) is 0 Å². The van der Waals surface area contributed by atoms with E-state index in [9.17, 15) is 19.2 Å². The van der Waals surface area contributed by atoms with Crippen molar-refractivity contribution in [2.45, 2.75) is 203 Å². The molecule has 0 amide bonds. The summed E-state index contributed by atoms with van der Waals surface area (Å²) in [4.78, 5) is 42.8. The zero-order valence-electron chi connectivity index (χ0n) is 56.5. The summed E-state index contributed by atoms with van der Waals surface area (Å²) in [5.74, 6) is -2.61. The molecule has 0 spiro atoms. The average molecular weight is 1260 g/mol. The molecule has 0 aliphatic rings. The van der Waals surface area contributed by atoms with Crippen LogP contribution in [0.15, 0.2) is 176 Å². The van der Waals surface area contributed by atoms with Gasteiger partial charge < -0.3 is 15.3 Å². The Bertz CT molecular complexity index is 2980. The molecule has 0 bridgehead atoms. The Balaban J connectivity index is 0.000000972. The smallest absolute Gasteiger partial charge is 0.335 e. The first-order valence-electron chi connectivity index (χ1n) is 29.2. The zero-order valence-corrected chi connectivity index (χ0v) is 58.8. The van der Waals surface area contributed by atoms with Gasteiger partial charge >= 0.3 is 17.9 Å². The molecule has 0 fully saturated rings. The molecule has 3 N–H and O–H groups in total. The highest BCUT2D eigenvalue weighted by molar-refractivity contribution is 9.10. The van der Waals surface area contributed by atoms with Crippen molar-refractivity contribution in [3.63, 3.8) is 0 Å². The topological polar surface area (TPSA) is 129 Å². The second-order valence-electron chi connectivity index (χ2n) is 28.5. The fraction of sp³-hybridized carbons (Fsp3) is 0.403. The van der Waals surface area contributed by atoms with Crippen LogP contribution >= 0.6 is 27.5 Å². The molecule has 0 aromatic heterocycles. The molecule has 0 aliphatic carbocycles. The van der Waals surface area contributed by atoms with E-state index in [1.165, 1.54) is 27.8 Å². The zero-order chi connectivity index (χ0) is 66.8. The Kier molecular flexibility index (Phi) is 32.6. The van der Waals surface area contributed by atoms with Gasteiger partial charge in [0.1, 0.15) is 0 Å². The fourth-order valence-corrected chi connectivity index (χ4v) is 7.28. The summed E-state index contributed by atoms with van der Waals surface area (Å²) in [6.45, 7) is 51.0. The molecule has 7 nitrogen and oxygen atoms in total. The molecule has 0 saturated carbocycles. The van der Waals surface area contributed by atoms with Gasteiger partial charge in [-0.1, -0.05) is 311 Å². The number of hydrogen-bond acceptors (Lipinski definition) is 4. The number of hydrogen-bond donors (Lipinski definition) is 3. The highest BCUT2D eigenvalue weighted by Crippen LogP contribution is 2.27. The predicted octanol–water partition coefficient (Wildman–Crippen LogP) is 22.2. The van der Waals surface area contributed by atoms with Crippen LogP contribution < -0.4 is 0 Å². The lowest BCUT2D eigenvalue weighted by atomic mass is 9.86. The van der Waals surface area contributed by atoms with Crippen molar-refractivity contribution in [3.05, 3.63) is 248 Å². The summed E-state index contributed by atoms with van der Waals surface area (Å²) in [7, 11) is 0. The van der Waals surface area contributed by atoms with Crippen LogP contribution in [0.25, 0.3) is 0 Å². The lowest BCUT2D eigenvalue weighted by Crippen LogP contribution is -2.12. The molecular formula is C77H104BrClO7. The van der Waals surface area contributed by atoms with Crippen LogP contribution in [0.2, 0.25) is 0 Å². The third-order valence-electron chi connectivity index (χ3n) is 12.6. The number of carbonyl (C=O) groups excluding carboxylic acids is 1. The summed E-state index contributed by atoms with van der Waals surface area (Å²) in [5, 5.41) is 25.8. The van der Waals surface area contributed by atoms with Crippen LogP contribution in [0.3, 0.4) is 0 Å². The predicted molar refractivity (Wildman–Crippen MR) is 371 cm³/mol. The van der Waals surface area contributed by atoms with Crippen molar-refractivity contribution in [2.75, 3.05) is 0 Å². The minimum Gasteiger partial charge on any atom is -0.478 e. The third-order valence-corrected chi connectivity index (χ3v) is 12.9. The number of carboxylic acids is 3. The van der Waals surface area contributed by atoms with E-state index in [0.29, 0.717) is 26.6 Å². The Morgan fingerprint density at radius 2 is 0.535 bits per heavy atom. The van der Waals surface area contributed by atoms with Gasteiger partial charge in [0, 0.05) is 9.89 Å². The number of carbonyl (C=O) groups is 4. The second-order valence-corrected chi connectivity index (χ2v) is 31.2. The van der Waals surface area contributed by atoms with Crippen molar-refractivity contribution in [2.24, 2.45) is 0 Å². The number of benzene rings is 7. The molecule has 86 heavy (non-hydrogen) atoms. The first-order valence-corrected chi connectivity index (χ1v) is 30.4. The van der Waals surface area contributed by atoms with E-state index in [1.807, 2.05) is 60.7 Å². The van der Waals surface area contributed by atoms with Gasteiger partial charge in [0.25, 0.3) is 5.24 Å². The van der Waals surface area contributed by atoms with Crippen molar-refractivity contribution >= 4 is 50.7 Å². The highest BCUT2D eigenvalue weighted by Gasteiger charge is 2.18. The fourth-order valence-electron chi connectivity index (χ4n) is 7.16. The first-order chi connectivity index (χ1) is 39.0. The van der Waals surface area contributed by atoms with Gasteiger partial charge in [0.05, 0.1) is 16.7 Å². The first kappa shape index (κ1) is 79.4. The number of aromatic carboxylic acids is 3. The number of rotatable bonds is 4. The number of carboxylic acid groups (broad SMARTS) is 3. The molecule has 7 aromatic carbocycles. The Morgan fingerprint density at radius 1 is 0.291 bits per heavy atom. The largest absolute Gasteiger partial charge is 0.478 e. The Morgan fingerprint density at radius 3 is 0.779 bits per heavy atom. The molecule has 0 unspecified atom stereocenters. The van der Waals surface area contributed by atoms with Gasteiger partial charge in [-0.3, -0.25) is 4.79 Å².